The summed E-state index contributed by atoms with van der Waals surface area (Å²) in [4.78, 5) is 4.10. The van der Waals surface area contributed by atoms with Crippen LogP contribution < -0.4 is 5.73 Å². The summed E-state index contributed by atoms with van der Waals surface area (Å²) in [5, 5.41) is 1.59. The molecule has 0 amide bonds. The molecule has 0 aliphatic rings. The molecule has 0 aliphatic carbocycles. The Hall–Kier alpha value is -1.64. The van der Waals surface area contributed by atoms with Gasteiger partial charge in [0.2, 0.25) is 0 Å². The number of anilines is 1. The lowest BCUT2D eigenvalue weighted by Gasteiger charge is -2.03. The molecule has 1 heterocycles. The topological polar surface area (TPSA) is 38.9 Å². The molecule has 0 radical (unpaired) electrons. The van der Waals surface area contributed by atoms with Gasteiger partial charge in [0.05, 0.1) is 5.69 Å². The molecule has 0 saturated carbocycles. The highest BCUT2D eigenvalue weighted by molar-refractivity contribution is 5.92. The van der Waals surface area contributed by atoms with Crippen LogP contribution in [-0.2, 0) is 0 Å². The van der Waals surface area contributed by atoms with E-state index in [1.165, 1.54) is 6.07 Å². The van der Waals surface area contributed by atoms with Gasteiger partial charge in [-0.2, -0.15) is 0 Å². The van der Waals surface area contributed by atoms with Crippen molar-refractivity contribution in [2.75, 3.05) is 5.73 Å². The maximum atomic E-state index is 13.0. The van der Waals surface area contributed by atoms with Crippen molar-refractivity contribution in [3.63, 3.8) is 0 Å². The third-order valence-electron chi connectivity index (χ3n) is 2.03. The largest absolute Gasteiger partial charge is 0.396 e. The van der Waals surface area contributed by atoms with Crippen LogP contribution in [0.15, 0.2) is 24.4 Å². The number of benzene rings is 1. The number of aryl methyl sites for hydroxylation is 1. The van der Waals surface area contributed by atoms with E-state index in [1.807, 2.05) is 6.92 Å². The molecule has 0 saturated heterocycles. The van der Waals surface area contributed by atoms with Crippen molar-refractivity contribution in [3.05, 3.63) is 35.9 Å². The Labute approximate surface area is 75.2 Å². The minimum atomic E-state index is -0.377. The van der Waals surface area contributed by atoms with Gasteiger partial charge in [-0.15, -0.1) is 0 Å². The van der Waals surface area contributed by atoms with Crippen molar-refractivity contribution in [3.8, 4) is 0 Å². The lowest BCUT2D eigenvalue weighted by molar-refractivity contribution is 0.634. The number of pyridine rings is 1. The van der Waals surface area contributed by atoms with Crippen molar-refractivity contribution < 1.29 is 4.39 Å². The van der Waals surface area contributed by atoms with Crippen LogP contribution >= 0.6 is 0 Å². The number of fused-ring (bicyclic) bond motifs is 1. The van der Waals surface area contributed by atoms with Crippen LogP contribution in [0.1, 0.15) is 5.69 Å². The molecule has 1 aromatic heterocycles. The van der Waals surface area contributed by atoms with Gasteiger partial charge in [-0.3, -0.25) is 4.98 Å². The molecule has 2 rings (SSSR count). The molecule has 3 heteroatoms. The third-order valence-corrected chi connectivity index (χ3v) is 2.03. The Bertz CT molecular complexity index is 460. The summed E-state index contributed by atoms with van der Waals surface area (Å²) in [6.45, 7) is 1.85. The van der Waals surface area contributed by atoms with Gasteiger partial charge in [0.25, 0.3) is 0 Å². The number of aromatic nitrogens is 1. The van der Waals surface area contributed by atoms with Gasteiger partial charge >= 0.3 is 0 Å². The summed E-state index contributed by atoms with van der Waals surface area (Å²) in [6, 6.07) is 4.82. The Kier molecular flexibility index (Phi) is 1.65. The molecule has 0 aliphatic heterocycles. The number of halogens is 1. The second-order valence-electron chi connectivity index (χ2n) is 3.01. The normalized spacial score (nSPS) is 10.6. The van der Waals surface area contributed by atoms with Crippen molar-refractivity contribution in [2.24, 2.45) is 0 Å². The van der Waals surface area contributed by atoms with E-state index in [4.69, 9.17) is 5.73 Å². The van der Waals surface area contributed by atoms with E-state index in [9.17, 15) is 4.39 Å². The first-order valence-corrected chi connectivity index (χ1v) is 3.99. The number of nitrogens with zero attached hydrogens (tertiary/aromatic N) is 1. The summed E-state index contributed by atoms with van der Waals surface area (Å²) in [5.74, 6) is -0.377. The number of rotatable bonds is 0. The lowest BCUT2D eigenvalue weighted by Crippen LogP contribution is -1.93. The maximum absolute atomic E-state index is 13.0. The van der Waals surface area contributed by atoms with Crippen LogP contribution in [-0.4, -0.2) is 4.98 Å². The van der Waals surface area contributed by atoms with E-state index < -0.39 is 0 Å². The van der Waals surface area contributed by atoms with Gasteiger partial charge in [-0.1, -0.05) is 0 Å². The molecule has 2 aromatic rings. The number of hydrogen-bond donors (Lipinski definition) is 1. The second kappa shape index (κ2) is 2.69. The highest BCUT2D eigenvalue weighted by atomic mass is 19.1. The highest BCUT2D eigenvalue weighted by Crippen LogP contribution is 2.23. The minimum Gasteiger partial charge on any atom is -0.396 e. The highest BCUT2D eigenvalue weighted by Gasteiger charge is 2.03. The van der Waals surface area contributed by atoms with Crippen LogP contribution in [0.2, 0.25) is 0 Å². The van der Waals surface area contributed by atoms with Crippen LogP contribution in [0.5, 0.6) is 0 Å². The molecule has 0 spiro atoms. The Morgan fingerprint density at radius 2 is 2.15 bits per heavy atom. The van der Waals surface area contributed by atoms with E-state index in [0.717, 1.165) is 16.5 Å². The first kappa shape index (κ1) is 7.98. The fraction of sp³-hybridized carbons (Fsp3) is 0.100. The summed E-state index contributed by atoms with van der Waals surface area (Å²) in [6.07, 6.45) is 1.69. The van der Waals surface area contributed by atoms with E-state index in [-0.39, 0.29) is 11.5 Å². The Morgan fingerprint density at radius 3 is 2.92 bits per heavy atom. The standard InChI is InChI=1S/C10H9FN2/c1-6-4-8-7(5-13-6)2-3-9(11)10(8)12/h2-5H,12H2,1H3. The predicted octanol–water partition coefficient (Wildman–Crippen LogP) is 2.26. The Morgan fingerprint density at radius 1 is 1.38 bits per heavy atom. The molecule has 0 unspecified atom stereocenters. The Balaban J connectivity index is 2.89. The summed E-state index contributed by atoms with van der Waals surface area (Å²) < 4.78 is 13.0. The fourth-order valence-electron chi connectivity index (χ4n) is 1.32. The predicted molar refractivity (Wildman–Crippen MR) is 50.9 cm³/mol. The molecule has 2 nitrogen and oxygen atoms in total. The van der Waals surface area contributed by atoms with Gasteiger partial charge in [-0.25, -0.2) is 4.39 Å². The summed E-state index contributed by atoms with van der Waals surface area (Å²) in [7, 11) is 0. The average molecular weight is 176 g/mol. The fourth-order valence-corrected chi connectivity index (χ4v) is 1.32. The van der Waals surface area contributed by atoms with Crippen molar-refractivity contribution in [1.29, 1.82) is 0 Å². The molecular weight excluding hydrogens is 167 g/mol. The van der Waals surface area contributed by atoms with Gasteiger partial charge in [0, 0.05) is 22.7 Å². The van der Waals surface area contributed by atoms with E-state index >= 15 is 0 Å². The van der Waals surface area contributed by atoms with Crippen molar-refractivity contribution in [1.82, 2.24) is 4.98 Å². The molecule has 66 valence electrons. The van der Waals surface area contributed by atoms with Crippen molar-refractivity contribution in [2.45, 2.75) is 6.92 Å². The van der Waals surface area contributed by atoms with E-state index in [0.29, 0.717) is 0 Å². The smallest absolute Gasteiger partial charge is 0.146 e. The quantitative estimate of drug-likeness (QED) is 0.625. The second-order valence-corrected chi connectivity index (χ2v) is 3.01. The molecule has 0 bridgehead atoms. The molecule has 1 aromatic carbocycles. The van der Waals surface area contributed by atoms with E-state index in [2.05, 4.69) is 4.98 Å². The number of hydrogen-bond acceptors (Lipinski definition) is 2. The zero-order chi connectivity index (χ0) is 9.42. The van der Waals surface area contributed by atoms with Crippen LogP contribution in [0.25, 0.3) is 10.8 Å². The van der Waals surface area contributed by atoms with Crippen LogP contribution in [0.4, 0.5) is 10.1 Å². The maximum Gasteiger partial charge on any atom is 0.146 e. The summed E-state index contributed by atoms with van der Waals surface area (Å²) in [5.41, 5.74) is 6.62. The third kappa shape index (κ3) is 1.22. The lowest BCUT2D eigenvalue weighted by atomic mass is 10.1. The molecule has 13 heavy (non-hydrogen) atoms. The first-order chi connectivity index (χ1) is 6.18. The summed E-state index contributed by atoms with van der Waals surface area (Å²) >= 11 is 0. The molecule has 0 fully saturated rings. The average Bonchev–Trinajstić information content (AvgIpc) is 2.12. The van der Waals surface area contributed by atoms with Gasteiger partial charge < -0.3 is 5.73 Å². The van der Waals surface area contributed by atoms with Gasteiger partial charge in [0.15, 0.2) is 0 Å². The van der Waals surface area contributed by atoms with Crippen LogP contribution in [0.3, 0.4) is 0 Å². The zero-order valence-electron chi connectivity index (χ0n) is 7.21. The monoisotopic (exact) mass is 176 g/mol. The van der Waals surface area contributed by atoms with E-state index in [1.54, 1.807) is 18.3 Å². The van der Waals surface area contributed by atoms with Crippen molar-refractivity contribution >= 4 is 16.5 Å². The molecule has 0 atom stereocenters. The van der Waals surface area contributed by atoms with Gasteiger partial charge in [0.1, 0.15) is 5.82 Å². The molecule has 2 N–H and O–H groups in total. The number of nitrogen functional groups attached to an aromatic ring is 1. The first-order valence-electron chi connectivity index (χ1n) is 3.99. The zero-order valence-corrected chi connectivity index (χ0v) is 7.21. The molecular formula is C10H9FN2. The number of nitrogens with two attached hydrogens (primary N) is 1. The minimum absolute atomic E-state index is 0.197. The van der Waals surface area contributed by atoms with Crippen LogP contribution in [0, 0.1) is 12.7 Å². The van der Waals surface area contributed by atoms with Gasteiger partial charge in [-0.05, 0) is 25.1 Å². The SMILES string of the molecule is Cc1cc2c(N)c(F)ccc2cn1.